The van der Waals surface area contributed by atoms with Crippen LogP contribution >= 0.6 is 0 Å². The second-order valence-corrected chi connectivity index (χ2v) is 5.90. The fraction of sp³-hybridized carbons (Fsp3) is 0.750. The number of nitrogens with zero attached hydrogens (tertiary/aromatic N) is 3. The highest BCUT2D eigenvalue weighted by molar-refractivity contribution is 5.49. The molecular weight excluding hydrogens is 264 g/mol. The summed E-state index contributed by atoms with van der Waals surface area (Å²) < 4.78 is 5.16. The van der Waals surface area contributed by atoms with Gasteiger partial charge in [-0.15, -0.1) is 0 Å². The van der Waals surface area contributed by atoms with Gasteiger partial charge in [-0.05, 0) is 31.6 Å². The Morgan fingerprint density at radius 2 is 2.00 bits per heavy atom. The Morgan fingerprint density at radius 1 is 1.29 bits per heavy atom. The molecule has 1 aromatic rings. The molecule has 2 rings (SSSR count). The first kappa shape index (κ1) is 16.0. The van der Waals surface area contributed by atoms with Gasteiger partial charge in [0.15, 0.2) is 5.82 Å². The molecular formula is C16H28N4O. The van der Waals surface area contributed by atoms with E-state index in [1.807, 2.05) is 13.1 Å². The van der Waals surface area contributed by atoms with E-state index >= 15 is 0 Å². The van der Waals surface area contributed by atoms with Gasteiger partial charge in [0, 0.05) is 33.3 Å². The number of rotatable bonds is 6. The third kappa shape index (κ3) is 4.06. The number of nitrogens with one attached hydrogen (secondary N) is 1. The van der Waals surface area contributed by atoms with Crippen molar-refractivity contribution in [2.45, 2.75) is 51.7 Å². The SMILES string of the molecule is CCC1CCC(N(C)c2cc(NC)nc(COC)n2)CC1. The number of ether oxygens (including phenoxy) is 1. The van der Waals surface area contributed by atoms with Crippen LogP contribution in [0.4, 0.5) is 11.6 Å². The minimum Gasteiger partial charge on any atom is -0.377 e. The van der Waals surface area contributed by atoms with Crippen LogP contribution in [-0.2, 0) is 11.3 Å². The Kier molecular flexibility index (Phi) is 5.79. The van der Waals surface area contributed by atoms with E-state index in [1.54, 1.807) is 7.11 Å². The molecule has 1 fully saturated rings. The lowest BCUT2D eigenvalue weighted by Gasteiger charge is -2.35. The number of aromatic nitrogens is 2. The van der Waals surface area contributed by atoms with Crippen LogP contribution in [0.2, 0.25) is 0 Å². The van der Waals surface area contributed by atoms with Crippen LogP contribution < -0.4 is 10.2 Å². The van der Waals surface area contributed by atoms with Gasteiger partial charge in [-0.2, -0.15) is 0 Å². The molecule has 118 valence electrons. The molecule has 1 saturated carbocycles. The molecule has 0 aliphatic heterocycles. The molecule has 0 bridgehead atoms. The topological polar surface area (TPSA) is 50.3 Å². The zero-order valence-corrected chi connectivity index (χ0v) is 13.7. The molecule has 0 aromatic carbocycles. The second-order valence-electron chi connectivity index (χ2n) is 5.90. The van der Waals surface area contributed by atoms with Crippen molar-refractivity contribution < 1.29 is 4.74 Å². The highest BCUT2D eigenvalue weighted by Gasteiger charge is 2.24. The van der Waals surface area contributed by atoms with Crippen LogP contribution in [-0.4, -0.2) is 37.2 Å². The van der Waals surface area contributed by atoms with Crippen molar-refractivity contribution in [3.63, 3.8) is 0 Å². The maximum atomic E-state index is 5.16. The number of hydrogen-bond donors (Lipinski definition) is 1. The van der Waals surface area contributed by atoms with Crippen LogP contribution in [0.5, 0.6) is 0 Å². The summed E-state index contributed by atoms with van der Waals surface area (Å²) in [6.07, 6.45) is 6.49. The van der Waals surface area contributed by atoms with Crippen molar-refractivity contribution in [2.75, 3.05) is 31.4 Å². The smallest absolute Gasteiger partial charge is 0.158 e. The van der Waals surface area contributed by atoms with Crippen molar-refractivity contribution in [1.82, 2.24) is 9.97 Å². The number of methoxy groups -OCH3 is 1. The summed E-state index contributed by atoms with van der Waals surface area (Å²) in [6, 6.07) is 2.60. The molecule has 0 saturated heterocycles. The van der Waals surface area contributed by atoms with Gasteiger partial charge >= 0.3 is 0 Å². The Labute approximate surface area is 128 Å². The first-order valence-electron chi connectivity index (χ1n) is 7.95. The van der Waals surface area contributed by atoms with E-state index in [4.69, 9.17) is 4.74 Å². The van der Waals surface area contributed by atoms with Crippen LogP contribution in [0.15, 0.2) is 6.07 Å². The third-order valence-electron chi connectivity index (χ3n) is 4.59. The molecule has 5 heteroatoms. The van der Waals surface area contributed by atoms with Crippen molar-refractivity contribution in [2.24, 2.45) is 5.92 Å². The second kappa shape index (κ2) is 7.59. The van der Waals surface area contributed by atoms with E-state index in [0.29, 0.717) is 12.6 Å². The van der Waals surface area contributed by atoms with E-state index in [9.17, 15) is 0 Å². The summed E-state index contributed by atoms with van der Waals surface area (Å²) in [7, 11) is 5.70. The van der Waals surface area contributed by atoms with E-state index in [-0.39, 0.29) is 0 Å². The van der Waals surface area contributed by atoms with Gasteiger partial charge < -0.3 is 15.0 Å². The minimum absolute atomic E-state index is 0.443. The van der Waals surface area contributed by atoms with Crippen molar-refractivity contribution in [3.8, 4) is 0 Å². The maximum absolute atomic E-state index is 5.16. The molecule has 1 N–H and O–H groups in total. The minimum atomic E-state index is 0.443. The summed E-state index contributed by atoms with van der Waals surface area (Å²) >= 11 is 0. The fourth-order valence-electron chi connectivity index (χ4n) is 3.11. The number of hydrogen-bond acceptors (Lipinski definition) is 5. The summed E-state index contributed by atoms with van der Waals surface area (Å²) in [5.74, 6) is 3.48. The molecule has 0 unspecified atom stereocenters. The Balaban J connectivity index is 2.10. The average molecular weight is 292 g/mol. The Hall–Kier alpha value is -1.36. The zero-order valence-electron chi connectivity index (χ0n) is 13.7. The molecule has 1 heterocycles. The van der Waals surface area contributed by atoms with Crippen molar-refractivity contribution >= 4 is 11.6 Å². The standard InChI is InChI=1S/C16H28N4O/c1-5-12-6-8-13(9-7-12)20(3)16-10-14(17-2)18-15(19-16)11-21-4/h10,12-13H,5-9,11H2,1-4H3,(H,17,18,19). The van der Waals surface area contributed by atoms with Gasteiger partial charge in [0.1, 0.15) is 18.2 Å². The predicted molar refractivity (Wildman–Crippen MR) is 86.7 cm³/mol. The molecule has 0 amide bonds. The summed E-state index contributed by atoms with van der Waals surface area (Å²) in [5, 5.41) is 3.11. The highest BCUT2D eigenvalue weighted by atomic mass is 16.5. The molecule has 0 spiro atoms. The molecule has 1 aromatic heterocycles. The fourth-order valence-corrected chi connectivity index (χ4v) is 3.11. The molecule has 5 nitrogen and oxygen atoms in total. The van der Waals surface area contributed by atoms with Gasteiger partial charge in [-0.1, -0.05) is 13.3 Å². The first-order chi connectivity index (χ1) is 10.2. The lowest BCUT2D eigenvalue weighted by Crippen LogP contribution is -2.36. The highest BCUT2D eigenvalue weighted by Crippen LogP contribution is 2.31. The predicted octanol–water partition coefficient (Wildman–Crippen LogP) is 3.07. The van der Waals surface area contributed by atoms with Gasteiger partial charge in [0.25, 0.3) is 0 Å². The maximum Gasteiger partial charge on any atom is 0.158 e. The average Bonchev–Trinajstić information content (AvgIpc) is 2.54. The monoisotopic (exact) mass is 292 g/mol. The van der Waals surface area contributed by atoms with Crippen molar-refractivity contribution in [3.05, 3.63) is 11.9 Å². The van der Waals surface area contributed by atoms with Gasteiger partial charge in [-0.3, -0.25) is 0 Å². The van der Waals surface area contributed by atoms with Crippen LogP contribution in [0.3, 0.4) is 0 Å². The molecule has 21 heavy (non-hydrogen) atoms. The van der Waals surface area contributed by atoms with E-state index in [0.717, 1.165) is 23.4 Å². The van der Waals surface area contributed by atoms with Gasteiger partial charge in [0.2, 0.25) is 0 Å². The Bertz CT molecular complexity index is 444. The largest absolute Gasteiger partial charge is 0.377 e. The number of anilines is 2. The normalized spacial score (nSPS) is 22.1. The summed E-state index contributed by atoms with van der Waals surface area (Å²) in [6.45, 7) is 2.74. The van der Waals surface area contributed by atoms with Crippen molar-refractivity contribution in [1.29, 1.82) is 0 Å². The van der Waals surface area contributed by atoms with Gasteiger partial charge in [-0.25, -0.2) is 9.97 Å². The Morgan fingerprint density at radius 3 is 2.57 bits per heavy atom. The van der Waals surface area contributed by atoms with Crippen LogP contribution in [0.25, 0.3) is 0 Å². The molecule has 1 aliphatic rings. The summed E-state index contributed by atoms with van der Waals surface area (Å²) in [5.41, 5.74) is 0. The molecule has 0 atom stereocenters. The van der Waals surface area contributed by atoms with E-state index < -0.39 is 0 Å². The lowest BCUT2D eigenvalue weighted by molar-refractivity contribution is 0.178. The quantitative estimate of drug-likeness (QED) is 0.873. The van der Waals surface area contributed by atoms with E-state index in [2.05, 4.69) is 34.2 Å². The zero-order chi connectivity index (χ0) is 15.2. The molecule has 1 aliphatic carbocycles. The molecule has 0 radical (unpaired) electrons. The van der Waals surface area contributed by atoms with Gasteiger partial charge in [0.05, 0.1) is 0 Å². The summed E-state index contributed by atoms with van der Waals surface area (Å²) in [4.78, 5) is 11.4. The van der Waals surface area contributed by atoms with E-state index in [1.165, 1.54) is 32.1 Å². The third-order valence-corrected chi connectivity index (χ3v) is 4.59. The van der Waals surface area contributed by atoms with Crippen LogP contribution in [0, 0.1) is 5.92 Å². The first-order valence-corrected chi connectivity index (χ1v) is 7.95. The lowest BCUT2D eigenvalue weighted by atomic mass is 9.84. The van der Waals surface area contributed by atoms with Crippen LogP contribution in [0.1, 0.15) is 44.9 Å².